The van der Waals surface area contributed by atoms with Crippen LogP contribution in [-0.2, 0) is 7.05 Å². The van der Waals surface area contributed by atoms with Crippen LogP contribution in [0.4, 0.5) is 11.5 Å². The van der Waals surface area contributed by atoms with Gasteiger partial charge in [-0.3, -0.25) is 9.58 Å². The summed E-state index contributed by atoms with van der Waals surface area (Å²) in [6.45, 7) is 6.16. The molecule has 6 nitrogen and oxygen atoms in total. The topological polar surface area (TPSA) is 62.4 Å². The van der Waals surface area contributed by atoms with Crippen LogP contribution in [0.1, 0.15) is 5.69 Å². The van der Waals surface area contributed by atoms with Crippen molar-refractivity contribution in [2.24, 2.45) is 7.05 Å². The van der Waals surface area contributed by atoms with Gasteiger partial charge < -0.3 is 16.0 Å². The summed E-state index contributed by atoms with van der Waals surface area (Å²) in [5.41, 5.74) is 7.65. The SMILES string of the molecule is Cc1nn(C)c(NCC2CN(C)CCN2C)c1N. The minimum absolute atomic E-state index is 0.512. The average Bonchev–Trinajstić information content (AvgIpc) is 2.55. The minimum Gasteiger partial charge on any atom is -0.394 e. The molecule has 102 valence electrons. The number of aromatic nitrogens is 2. The zero-order chi connectivity index (χ0) is 13.3. The maximum Gasteiger partial charge on any atom is 0.147 e. The van der Waals surface area contributed by atoms with E-state index in [0.717, 1.165) is 43.4 Å². The van der Waals surface area contributed by atoms with Gasteiger partial charge in [0, 0.05) is 39.3 Å². The van der Waals surface area contributed by atoms with Crippen LogP contribution in [0, 0.1) is 6.92 Å². The van der Waals surface area contributed by atoms with Gasteiger partial charge in [0.15, 0.2) is 0 Å². The predicted molar refractivity (Wildman–Crippen MR) is 74.8 cm³/mol. The van der Waals surface area contributed by atoms with Crippen LogP contribution < -0.4 is 11.1 Å². The third-order valence-electron chi connectivity index (χ3n) is 3.75. The zero-order valence-corrected chi connectivity index (χ0v) is 11.8. The molecular weight excluding hydrogens is 228 g/mol. The molecule has 0 aromatic carbocycles. The lowest BCUT2D eigenvalue weighted by molar-refractivity contribution is 0.121. The Labute approximate surface area is 109 Å². The molecule has 1 saturated heterocycles. The molecule has 2 rings (SSSR count). The third kappa shape index (κ3) is 2.59. The first-order valence-electron chi connectivity index (χ1n) is 6.40. The van der Waals surface area contributed by atoms with Crippen LogP contribution in [0.25, 0.3) is 0 Å². The fraction of sp³-hybridized carbons (Fsp3) is 0.750. The second kappa shape index (κ2) is 5.16. The van der Waals surface area contributed by atoms with Crippen molar-refractivity contribution < 1.29 is 0 Å². The number of likely N-dealkylation sites (N-methyl/N-ethyl adjacent to an activating group) is 2. The Bertz CT molecular complexity index is 413. The van der Waals surface area contributed by atoms with E-state index in [2.05, 4.69) is 34.3 Å². The van der Waals surface area contributed by atoms with Crippen molar-refractivity contribution in [2.45, 2.75) is 13.0 Å². The molecule has 0 radical (unpaired) electrons. The Balaban J connectivity index is 1.98. The van der Waals surface area contributed by atoms with Gasteiger partial charge in [0.05, 0.1) is 11.4 Å². The molecule has 1 aliphatic rings. The van der Waals surface area contributed by atoms with Gasteiger partial charge in [0.25, 0.3) is 0 Å². The van der Waals surface area contributed by atoms with E-state index in [0.29, 0.717) is 6.04 Å². The van der Waals surface area contributed by atoms with Crippen molar-refractivity contribution in [3.8, 4) is 0 Å². The molecule has 3 N–H and O–H groups in total. The van der Waals surface area contributed by atoms with Gasteiger partial charge in [0.2, 0.25) is 0 Å². The second-order valence-electron chi connectivity index (χ2n) is 5.25. The summed E-state index contributed by atoms with van der Waals surface area (Å²) in [5, 5.41) is 7.74. The van der Waals surface area contributed by atoms with E-state index in [-0.39, 0.29) is 0 Å². The van der Waals surface area contributed by atoms with Crippen molar-refractivity contribution in [3.05, 3.63) is 5.69 Å². The molecule has 2 heterocycles. The Morgan fingerprint density at radius 1 is 1.33 bits per heavy atom. The van der Waals surface area contributed by atoms with Crippen molar-refractivity contribution in [2.75, 3.05) is 51.3 Å². The van der Waals surface area contributed by atoms with Gasteiger partial charge >= 0.3 is 0 Å². The highest BCUT2D eigenvalue weighted by atomic mass is 15.3. The number of nitrogens with two attached hydrogens (primary N) is 1. The summed E-state index contributed by atoms with van der Waals surface area (Å²) < 4.78 is 1.82. The van der Waals surface area contributed by atoms with Crippen LogP contribution in [0.2, 0.25) is 0 Å². The number of anilines is 2. The summed E-state index contributed by atoms with van der Waals surface area (Å²) in [6.07, 6.45) is 0. The van der Waals surface area contributed by atoms with Gasteiger partial charge in [-0.15, -0.1) is 0 Å². The van der Waals surface area contributed by atoms with Crippen molar-refractivity contribution in [1.29, 1.82) is 0 Å². The van der Waals surface area contributed by atoms with E-state index in [4.69, 9.17) is 5.73 Å². The molecule has 0 amide bonds. The Hall–Kier alpha value is -1.27. The first kappa shape index (κ1) is 13.2. The number of hydrogen-bond donors (Lipinski definition) is 2. The quantitative estimate of drug-likeness (QED) is 0.791. The molecule has 0 saturated carbocycles. The average molecular weight is 252 g/mol. The molecule has 0 bridgehead atoms. The lowest BCUT2D eigenvalue weighted by Crippen LogP contribution is -2.52. The normalized spacial score (nSPS) is 22.3. The van der Waals surface area contributed by atoms with Crippen LogP contribution in [-0.4, -0.2) is 65.9 Å². The largest absolute Gasteiger partial charge is 0.394 e. The fourth-order valence-corrected chi connectivity index (χ4v) is 2.42. The first-order valence-corrected chi connectivity index (χ1v) is 6.40. The molecule has 1 aromatic rings. The standard InChI is InChI=1S/C12H24N6/c1-9-11(13)12(18(4)15-9)14-7-10-8-16(2)5-6-17(10)3/h10,14H,5-8,13H2,1-4H3. The maximum atomic E-state index is 6.01. The fourth-order valence-electron chi connectivity index (χ4n) is 2.42. The Morgan fingerprint density at radius 3 is 2.67 bits per heavy atom. The monoisotopic (exact) mass is 252 g/mol. The predicted octanol–water partition coefficient (Wildman–Crippen LogP) is -0.0316. The molecule has 1 aromatic heterocycles. The lowest BCUT2D eigenvalue weighted by atomic mass is 10.2. The highest BCUT2D eigenvalue weighted by molar-refractivity contribution is 5.64. The van der Waals surface area contributed by atoms with Crippen molar-refractivity contribution in [1.82, 2.24) is 19.6 Å². The molecule has 0 aliphatic carbocycles. The van der Waals surface area contributed by atoms with Crippen molar-refractivity contribution >= 4 is 11.5 Å². The molecule has 1 fully saturated rings. The van der Waals surface area contributed by atoms with E-state index in [1.165, 1.54) is 0 Å². The molecule has 18 heavy (non-hydrogen) atoms. The molecule has 0 spiro atoms. The summed E-state index contributed by atoms with van der Waals surface area (Å²) >= 11 is 0. The molecule has 6 heteroatoms. The smallest absolute Gasteiger partial charge is 0.147 e. The number of aryl methyl sites for hydroxylation is 2. The van der Waals surface area contributed by atoms with Gasteiger partial charge in [-0.1, -0.05) is 0 Å². The summed E-state index contributed by atoms with van der Waals surface area (Å²) in [5.74, 6) is 0.925. The van der Waals surface area contributed by atoms with E-state index >= 15 is 0 Å². The van der Waals surface area contributed by atoms with Crippen LogP contribution >= 0.6 is 0 Å². The lowest BCUT2D eigenvalue weighted by Gasteiger charge is -2.37. The van der Waals surface area contributed by atoms with Gasteiger partial charge in [-0.05, 0) is 21.0 Å². The van der Waals surface area contributed by atoms with Gasteiger partial charge in [-0.25, -0.2) is 0 Å². The summed E-state index contributed by atoms with van der Waals surface area (Å²) in [7, 11) is 6.27. The number of piperazine rings is 1. The number of nitrogens with one attached hydrogen (secondary N) is 1. The zero-order valence-electron chi connectivity index (χ0n) is 11.8. The van der Waals surface area contributed by atoms with E-state index in [9.17, 15) is 0 Å². The van der Waals surface area contributed by atoms with Crippen LogP contribution in [0.5, 0.6) is 0 Å². The Morgan fingerprint density at radius 2 is 2.06 bits per heavy atom. The molecule has 1 atom stereocenters. The summed E-state index contributed by atoms with van der Waals surface area (Å²) in [6, 6.07) is 0.512. The van der Waals surface area contributed by atoms with Crippen molar-refractivity contribution in [3.63, 3.8) is 0 Å². The second-order valence-corrected chi connectivity index (χ2v) is 5.25. The molecule has 1 unspecified atom stereocenters. The van der Waals surface area contributed by atoms with E-state index in [1.807, 2.05) is 18.7 Å². The van der Waals surface area contributed by atoms with E-state index < -0.39 is 0 Å². The number of nitrogen functional groups attached to an aromatic ring is 1. The van der Waals surface area contributed by atoms with Crippen LogP contribution in [0.15, 0.2) is 0 Å². The van der Waals surface area contributed by atoms with Crippen LogP contribution in [0.3, 0.4) is 0 Å². The third-order valence-corrected chi connectivity index (χ3v) is 3.75. The first-order chi connectivity index (χ1) is 8.49. The van der Waals surface area contributed by atoms with E-state index in [1.54, 1.807) is 0 Å². The number of rotatable bonds is 3. The number of nitrogens with zero attached hydrogens (tertiary/aromatic N) is 4. The maximum absolute atomic E-state index is 6.01. The highest BCUT2D eigenvalue weighted by Gasteiger charge is 2.22. The minimum atomic E-state index is 0.512. The highest BCUT2D eigenvalue weighted by Crippen LogP contribution is 2.21. The number of hydrogen-bond acceptors (Lipinski definition) is 5. The van der Waals surface area contributed by atoms with Gasteiger partial charge in [0.1, 0.15) is 5.82 Å². The van der Waals surface area contributed by atoms with Gasteiger partial charge in [-0.2, -0.15) is 5.10 Å². The molecular formula is C12H24N6. The Kier molecular flexibility index (Phi) is 3.77. The molecule has 1 aliphatic heterocycles. The summed E-state index contributed by atoms with van der Waals surface area (Å²) in [4.78, 5) is 4.76.